The number of carbonyl (C=O) groups excluding carboxylic acids is 1. The summed E-state index contributed by atoms with van der Waals surface area (Å²) in [4.78, 5) is 12.6. The van der Waals surface area contributed by atoms with Gasteiger partial charge in [0.1, 0.15) is 0 Å². The molecule has 1 unspecified atom stereocenters. The number of aliphatic hydroxyl groups excluding tert-OH is 1. The SMILES string of the molecule is CCCCOC(=O)N1CC1CO. The summed E-state index contributed by atoms with van der Waals surface area (Å²) < 4.78 is 4.91. The van der Waals surface area contributed by atoms with E-state index in [1.165, 1.54) is 4.90 Å². The molecule has 1 rings (SSSR count). The zero-order valence-electron chi connectivity index (χ0n) is 7.32. The van der Waals surface area contributed by atoms with Crippen LogP contribution in [0.4, 0.5) is 4.79 Å². The van der Waals surface area contributed by atoms with Crippen molar-refractivity contribution in [1.29, 1.82) is 0 Å². The summed E-state index contributed by atoms with van der Waals surface area (Å²) in [6.45, 7) is 3.22. The molecular weight excluding hydrogens is 158 g/mol. The molecule has 4 nitrogen and oxygen atoms in total. The number of rotatable bonds is 4. The third-order valence-electron chi connectivity index (χ3n) is 1.88. The molecule has 12 heavy (non-hydrogen) atoms. The Bertz CT molecular complexity index is 160. The van der Waals surface area contributed by atoms with Gasteiger partial charge < -0.3 is 9.84 Å². The first-order valence-corrected chi connectivity index (χ1v) is 4.33. The van der Waals surface area contributed by atoms with Gasteiger partial charge in [0.15, 0.2) is 0 Å². The molecule has 1 N–H and O–H groups in total. The molecule has 0 bridgehead atoms. The minimum absolute atomic E-state index is 0.0131. The van der Waals surface area contributed by atoms with Crippen LogP contribution < -0.4 is 0 Å². The maximum atomic E-state index is 11.0. The highest BCUT2D eigenvalue weighted by molar-refractivity contribution is 5.70. The van der Waals surface area contributed by atoms with Gasteiger partial charge in [-0.1, -0.05) is 13.3 Å². The van der Waals surface area contributed by atoms with Gasteiger partial charge >= 0.3 is 6.09 Å². The van der Waals surface area contributed by atoms with Crippen molar-refractivity contribution in [3.63, 3.8) is 0 Å². The molecule has 1 aliphatic rings. The van der Waals surface area contributed by atoms with E-state index >= 15 is 0 Å². The molecule has 0 aliphatic carbocycles. The van der Waals surface area contributed by atoms with Crippen molar-refractivity contribution in [2.75, 3.05) is 19.8 Å². The highest BCUT2D eigenvalue weighted by Crippen LogP contribution is 2.17. The molecule has 70 valence electrons. The Balaban J connectivity index is 2.05. The maximum Gasteiger partial charge on any atom is 0.410 e. The topological polar surface area (TPSA) is 49.5 Å². The van der Waals surface area contributed by atoms with Crippen molar-refractivity contribution in [3.8, 4) is 0 Å². The Kier molecular flexibility index (Phi) is 3.34. The lowest BCUT2D eigenvalue weighted by molar-refractivity contribution is 0.124. The molecule has 1 fully saturated rings. The summed E-state index contributed by atoms with van der Waals surface area (Å²) in [7, 11) is 0. The Hall–Kier alpha value is -0.770. The largest absolute Gasteiger partial charge is 0.449 e. The van der Waals surface area contributed by atoms with Crippen molar-refractivity contribution in [2.24, 2.45) is 0 Å². The Morgan fingerprint density at radius 3 is 3.00 bits per heavy atom. The number of unbranched alkanes of at least 4 members (excludes halogenated alkanes) is 1. The fraction of sp³-hybridized carbons (Fsp3) is 0.875. The van der Waals surface area contributed by atoms with E-state index < -0.39 is 0 Å². The highest BCUT2D eigenvalue weighted by Gasteiger charge is 2.38. The molecule has 0 radical (unpaired) electrons. The van der Waals surface area contributed by atoms with E-state index in [1.54, 1.807) is 0 Å². The van der Waals surface area contributed by atoms with Gasteiger partial charge in [-0.25, -0.2) is 4.79 Å². The number of hydrogen-bond donors (Lipinski definition) is 1. The summed E-state index contributed by atoms with van der Waals surface area (Å²) in [5, 5.41) is 8.65. The van der Waals surface area contributed by atoms with E-state index in [4.69, 9.17) is 9.84 Å². The van der Waals surface area contributed by atoms with Crippen LogP contribution in [0.15, 0.2) is 0 Å². The monoisotopic (exact) mass is 173 g/mol. The summed E-state index contributed by atoms with van der Waals surface area (Å²) in [5.74, 6) is 0. The van der Waals surface area contributed by atoms with E-state index in [-0.39, 0.29) is 18.7 Å². The lowest BCUT2D eigenvalue weighted by Gasteiger charge is -2.04. The molecule has 1 aliphatic heterocycles. The minimum Gasteiger partial charge on any atom is -0.449 e. The van der Waals surface area contributed by atoms with Gasteiger partial charge in [-0.2, -0.15) is 0 Å². The van der Waals surface area contributed by atoms with Crippen LogP contribution in [0, 0.1) is 0 Å². The molecule has 1 saturated heterocycles. The summed E-state index contributed by atoms with van der Waals surface area (Å²) >= 11 is 0. The van der Waals surface area contributed by atoms with Crippen LogP contribution in [0.2, 0.25) is 0 Å². The quantitative estimate of drug-likeness (QED) is 0.500. The van der Waals surface area contributed by atoms with Gasteiger partial charge in [-0.15, -0.1) is 0 Å². The predicted molar refractivity (Wildman–Crippen MR) is 43.8 cm³/mol. The second-order valence-electron chi connectivity index (χ2n) is 2.96. The molecule has 0 aromatic carbocycles. The predicted octanol–water partition coefficient (Wildman–Crippen LogP) is 0.600. The normalized spacial score (nSPS) is 20.8. The molecule has 0 aromatic heterocycles. The standard InChI is InChI=1S/C8H15NO3/c1-2-3-4-12-8(11)9-5-7(9)6-10/h7,10H,2-6H2,1H3. The number of hydrogen-bond acceptors (Lipinski definition) is 3. The maximum absolute atomic E-state index is 11.0. The molecule has 4 heteroatoms. The molecular formula is C8H15NO3. The Morgan fingerprint density at radius 1 is 1.75 bits per heavy atom. The average Bonchev–Trinajstić information content (AvgIpc) is 2.83. The molecule has 1 atom stereocenters. The van der Waals surface area contributed by atoms with Crippen LogP contribution >= 0.6 is 0 Å². The van der Waals surface area contributed by atoms with Crippen LogP contribution in [0.25, 0.3) is 0 Å². The minimum atomic E-state index is -0.289. The molecule has 0 aromatic rings. The summed E-state index contributed by atoms with van der Waals surface area (Å²) in [5.41, 5.74) is 0. The van der Waals surface area contributed by atoms with Gasteiger partial charge in [0.2, 0.25) is 0 Å². The highest BCUT2D eigenvalue weighted by atomic mass is 16.6. The molecule has 0 saturated carbocycles. The number of aliphatic hydroxyl groups is 1. The van der Waals surface area contributed by atoms with E-state index in [2.05, 4.69) is 0 Å². The lowest BCUT2D eigenvalue weighted by atomic mass is 10.4. The van der Waals surface area contributed by atoms with E-state index in [0.29, 0.717) is 13.2 Å². The number of carbonyl (C=O) groups is 1. The second kappa shape index (κ2) is 4.30. The van der Waals surface area contributed by atoms with Crippen LogP contribution in [-0.2, 0) is 4.74 Å². The average molecular weight is 173 g/mol. The molecule has 1 amide bonds. The van der Waals surface area contributed by atoms with Gasteiger partial charge in [-0.3, -0.25) is 4.90 Å². The fourth-order valence-corrected chi connectivity index (χ4v) is 0.947. The van der Waals surface area contributed by atoms with Crippen LogP contribution in [-0.4, -0.2) is 41.9 Å². The van der Waals surface area contributed by atoms with Crippen molar-refractivity contribution in [1.82, 2.24) is 4.90 Å². The lowest BCUT2D eigenvalue weighted by Crippen LogP contribution is -2.17. The van der Waals surface area contributed by atoms with Crippen molar-refractivity contribution in [3.05, 3.63) is 0 Å². The molecule has 1 heterocycles. The van der Waals surface area contributed by atoms with E-state index in [9.17, 15) is 4.79 Å². The van der Waals surface area contributed by atoms with Crippen LogP contribution in [0.3, 0.4) is 0 Å². The first-order chi connectivity index (χ1) is 5.79. The van der Waals surface area contributed by atoms with Crippen molar-refractivity contribution < 1.29 is 14.6 Å². The number of amides is 1. The van der Waals surface area contributed by atoms with Gasteiger partial charge in [0.05, 0.1) is 19.3 Å². The Labute approximate surface area is 72.1 Å². The van der Waals surface area contributed by atoms with Gasteiger partial charge in [0, 0.05) is 6.54 Å². The zero-order chi connectivity index (χ0) is 8.97. The molecule has 0 spiro atoms. The third kappa shape index (κ3) is 2.37. The van der Waals surface area contributed by atoms with Gasteiger partial charge in [-0.05, 0) is 6.42 Å². The smallest absolute Gasteiger partial charge is 0.410 e. The van der Waals surface area contributed by atoms with Gasteiger partial charge in [0.25, 0.3) is 0 Å². The summed E-state index contributed by atoms with van der Waals surface area (Å²) in [6.07, 6.45) is 1.64. The van der Waals surface area contributed by atoms with E-state index in [1.807, 2.05) is 6.92 Å². The summed E-state index contributed by atoms with van der Waals surface area (Å²) in [6, 6.07) is 0.0131. The number of nitrogens with zero attached hydrogens (tertiary/aromatic N) is 1. The van der Waals surface area contributed by atoms with Crippen LogP contribution in [0.1, 0.15) is 19.8 Å². The Morgan fingerprint density at radius 2 is 2.50 bits per heavy atom. The van der Waals surface area contributed by atoms with Crippen LogP contribution in [0.5, 0.6) is 0 Å². The first-order valence-electron chi connectivity index (χ1n) is 4.33. The fourth-order valence-electron chi connectivity index (χ4n) is 0.947. The first kappa shape index (κ1) is 9.32. The third-order valence-corrected chi connectivity index (χ3v) is 1.88. The van der Waals surface area contributed by atoms with Crippen molar-refractivity contribution in [2.45, 2.75) is 25.8 Å². The second-order valence-corrected chi connectivity index (χ2v) is 2.96. The number of ether oxygens (including phenoxy) is 1. The van der Waals surface area contributed by atoms with Crippen molar-refractivity contribution >= 4 is 6.09 Å². The zero-order valence-corrected chi connectivity index (χ0v) is 7.32. The van der Waals surface area contributed by atoms with E-state index in [0.717, 1.165) is 12.8 Å².